The van der Waals surface area contributed by atoms with Crippen LogP contribution in [-0.2, 0) is 4.89 Å². The van der Waals surface area contributed by atoms with Crippen LogP contribution in [0.15, 0.2) is 12.2 Å². The van der Waals surface area contributed by atoms with E-state index in [9.17, 15) is 0 Å². The highest BCUT2D eigenvalue weighted by atomic mass is 17.1. The van der Waals surface area contributed by atoms with Gasteiger partial charge in [-0.2, -0.15) is 0 Å². The van der Waals surface area contributed by atoms with E-state index in [1.807, 2.05) is 6.08 Å². The van der Waals surface area contributed by atoms with Gasteiger partial charge >= 0.3 is 0 Å². The van der Waals surface area contributed by atoms with Crippen LogP contribution in [-0.4, -0.2) is 11.9 Å². The fourth-order valence-corrected chi connectivity index (χ4v) is 1.45. The van der Waals surface area contributed by atoms with E-state index in [4.69, 9.17) is 5.26 Å². The molecule has 0 aliphatic heterocycles. The van der Waals surface area contributed by atoms with Crippen LogP contribution in [0.2, 0.25) is 0 Å². The molecule has 0 fully saturated rings. The summed E-state index contributed by atoms with van der Waals surface area (Å²) in [6.07, 6.45) is 14.5. The third-order valence-electron chi connectivity index (χ3n) is 2.31. The molecule has 2 heteroatoms. The van der Waals surface area contributed by atoms with Crippen LogP contribution in [0, 0.1) is 0 Å². The summed E-state index contributed by atoms with van der Waals surface area (Å²) in [5.41, 5.74) is 0. The van der Waals surface area contributed by atoms with Gasteiger partial charge < -0.3 is 0 Å². The zero-order valence-corrected chi connectivity index (χ0v) is 9.37. The van der Waals surface area contributed by atoms with Gasteiger partial charge in [-0.3, -0.25) is 5.26 Å². The second-order valence-electron chi connectivity index (χ2n) is 3.68. The minimum Gasteiger partial charge on any atom is -0.252 e. The fraction of sp³-hybridized carbons (Fsp3) is 0.833. The summed E-state index contributed by atoms with van der Waals surface area (Å²) in [5, 5.41) is 8.04. The number of allylic oxidation sites excluding steroid dienone is 1. The first-order valence-electron chi connectivity index (χ1n) is 5.83. The number of hydrogen-bond acceptors (Lipinski definition) is 2. The minimum atomic E-state index is 0.316. The highest BCUT2D eigenvalue weighted by molar-refractivity contribution is 4.80. The summed E-state index contributed by atoms with van der Waals surface area (Å²) in [4.78, 5) is 3.93. The molecule has 0 aliphatic rings. The average Bonchev–Trinajstić information content (AvgIpc) is 2.21. The van der Waals surface area contributed by atoms with Gasteiger partial charge in [0.1, 0.15) is 6.61 Å². The van der Waals surface area contributed by atoms with Crippen LogP contribution < -0.4 is 0 Å². The van der Waals surface area contributed by atoms with Gasteiger partial charge in [-0.1, -0.05) is 57.6 Å². The van der Waals surface area contributed by atoms with Crippen molar-refractivity contribution in [3.63, 3.8) is 0 Å². The molecule has 0 saturated carbocycles. The Labute approximate surface area is 87.9 Å². The Morgan fingerprint density at radius 3 is 2.21 bits per heavy atom. The van der Waals surface area contributed by atoms with E-state index in [1.54, 1.807) is 0 Å². The van der Waals surface area contributed by atoms with Gasteiger partial charge in [0, 0.05) is 0 Å². The highest BCUT2D eigenvalue weighted by Crippen LogP contribution is 2.08. The van der Waals surface area contributed by atoms with E-state index in [1.165, 1.54) is 44.9 Å². The van der Waals surface area contributed by atoms with E-state index >= 15 is 0 Å². The molecule has 0 aromatic carbocycles. The molecule has 2 nitrogen and oxygen atoms in total. The first-order valence-corrected chi connectivity index (χ1v) is 5.83. The number of hydrogen-bond donors (Lipinski definition) is 1. The van der Waals surface area contributed by atoms with Crippen LogP contribution in [0.1, 0.15) is 58.3 Å². The first kappa shape index (κ1) is 13.7. The molecule has 14 heavy (non-hydrogen) atoms. The average molecular weight is 200 g/mol. The molecular weight excluding hydrogens is 176 g/mol. The van der Waals surface area contributed by atoms with Crippen molar-refractivity contribution in [2.24, 2.45) is 0 Å². The molecule has 0 aromatic heterocycles. The lowest BCUT2D eigenvalue weighted by Gasteiger charge is -1.98. The van der Waals surface area contributed by atoms with Crippen LogP contribution in [0.3, 0.4) is 0 Å². The predicted molar refractivity (Wildman–Crippen MR) is 60.3 cm³/mol. The summed E-state index contributed by atoms with van der Waals surface area (Å²) >= 11 is 0. The summed E-state index contributed by atoms with van der Waals surface area (Å²) < 4.78 is 0. The maximum Gasteiger partial charge on any atom is 0.100 e. The molecule has 0 saturated heterocycles. The van der Waals surface area contributed by atoms with Gasteiger partial charge in [0.15, 0.2) is 0 Å². The Morgan fingerprint density at radius 1 is 0.929 bits per heavy atom. The largest absolute Gasteiger partial charge is 0.252 e. The quantitative estimate of drug-likeness (QED) is 0.248. The number of unbranched alkanes of at least 4 members (excludes halogenated alkanes) is 7. The molecule has 0 unspecified atom stereocenters. The summed E-state index contributed by atoms with van der Waals surface area (Å²) in [6.45, 7) is 2.56. The second kappa shape index (κ2) is 12.7. The van der Waals surface area contributed by atoms with Gasteiger partial charge in [0.05, 0.1) is 0 Å². The van der Waals surface area contributed by atoms with E-state index in [0.717, 1.165) is 6.42 Å². The van der Waals surface area contributed by atoms with Crippen molar-refractivity contribution in [3.8, 4) is 0 Å². The third-order valence-corrected chi connectivity index (χ3v) is 2.31. The van der Waals surface area contributed by atoms with Gasteiger partial charge in [0.25, 0.3) is 0 Å². The Bertz CT molecular complexity index is 121. The maximum absolute atomic E-state index is 8.04. The van der Waals surface area contributed by atoms with Crippen LogP contribution >= 0.6 is 0 Å². The molecule has 0 heterocycles. The Morgan fingerprint density at radius 2 is 1.57 bits per heavy atom. The van der Waals surface area contributed by atoms with Gasteiger partial charge in [0.2, 0.25) is 0 Å². The molecular formula is C12H24O2. The predicted octanol–water partition coefficient (Wildman–Crippen LogP) is 4.17. The molecule has 0 spiro atoms. The monoisotopic (exact) mass is 200 g/mol. The molecule has 0 bridgehead atoms. The topological polar surface area (TPSA) is 29.5 Å². The highest BCUT2D eigenvalue weighted by Gasteiger charge is 1.88. The Balaban J connectivity index is 2.91. The standard InChI is InChI=1S/C12H24O2/c1-2-3-4-5-6-7-8-9-10-11-12-14-13/h10-11,13H,2-9,12H2,1H3/b11-10+. The van der Waals surface area contributed by atoms with E-state index in [-0.39, 0.29) is 0 Å². The van der Waals surface area contributed by atoms with Crippen LogP contribution in [0.25, 0.3) is 0 Å². The van der Waals surface area contributed by atoms with Crippen LogP contribution in [0.5, 0.6) is 0 Å². The summed E-state index contributed by atoms with van der Waals surface area (Å²) in [6, 6.07) is 0. The van der Waals surface area contributed by atoms with Crippen molar-refractivity contribution in [2.45, 2.75) is 58.3 Å². The molecule has 0 amide bonds. The molecule has 0 radical (unpaired) electrons. The SMILES string of the molecule is CCCCCCCCC/C=C/COO. The molecule has 84 valence electrons. The van der Waals surface area contributed by atoms with Gasteiger partial charge in [-0.25, -0.2) is 4.89 Å². The summed E-state index contributed by atoms with van der Waals surface area (Å²) in [7, 11) is 0. The fourth-order valence-electron chi connectivity index (χ4n) is 1.45. The first-order chi connectivity index (χ1) is 6.91. The molecule has 0 atom stereocenters. The Kier molecular flexibility index (Phi) is 12.4. The zero-order valence-electron chi connectivity index (χ0n) is 9.37. The summed E-state index contributed by atoms with van der Waals surface area (Å²) in [5.74, 6) is 0. The molecule has 0 aromatic rings. The number of rotatable bonds is 10. The zero-order chi connectivity index (χ0) is 10.5. The third kappa shape index (κ3) is 11.7. The minimum absolute atomic E-state index is 0.316. The molecule has 1 N–H and O–H groups in total. The van der Waals surface area contributed by atoms with Crippen molar-refractivity contribution < 1.29 is 10.1 Å². The van der Waals surface area contributed by atoms with E-state index in [2.05, 4.69) is 17.9 Å². The lowest BCUT2D eigenvalue weighted by Crippen LogP contribution is -1.82. The van der Waals surface area contributed by atoms with Crippen molar-refractivity contribution in [1.29, 1.82) is 0 Å². The lowest BCUT2D eigenvalue weighted by atomic mass is 10.1. The van der Waals surface area contributed by atoms with Crippen molar-refractivity contribution in [1.82, 2.24) is 0 Å². The van der Waals surface area contributed by atoms with Crippen molar-refractivity contribution in [2.75, 3.05) is 6.61 Å². The van der Waals surface area contributed by atoms with Crippen molar-refractivity contribution >= 4 is 0 Å². The normalized spacial score (nSPS) is 11.3. The molecule has 0 rings (SSSR count). The van der Waals surface area contributed by atoms with Crippen molar-refractivity contribution in [3.05, 3.63) is 12.2 Å². The van der Waals surface area contributed by atoms with Gasteiger partial charge in [-0.15, -0.1) is 0 Å². The van der Waals surface area contributed by atoms with Crippen LogP contribution in [0.4, 0.5) is 0 Å². The molecule has 0 aliphatic carbocycles. The maximum atomic E-state index is 8.04. The van der Waals surface area contributed by atoms with Gasteiger partial charge in [-0.05, 0) is 12.8 Å². The van der Waals surface area contributed by atoms with E-state index < -0.39 is 0 Å². The smallest absolute Gasteiger partial charge is 0.100 e. The Hall–Kier alpha value is -0.340. The second-order valence-corrected chi connectivity index (χ2v) is 3.68. The lowest BCUT2D eigenvalue weighted by molar-refractivity contribution is -0.231. The van der Waals surface area contributed by atoms with E-state index in [0.29, 0.717) is 6.61 Å².